The van der Waals surface area contributed by atoms with Crippen LogP contribution in [0, 0.1) is 6.92 Å². The number of likely N-dealkylation sites (N-methyl/N-ethyl adjacent to an activating group) is 1. The van der Waals surface area contributed by atoms with Gasteiger partial charge in [-0.3, -0.25) is 0 Å². The number of halogens is 1. The Balaban J connectivity index is 2.15. The highest BCUT2D eigenvalue weighted by Gasteiger charge is 2.25. The van der Waals surface area contributed by atoms with Crippen LogP contribution >= 0.6 is 11.6 Å². The van der Waals surface area contributed by atoms with E-state index in [1.54, 1.807) is 0 Å². The summed E-state index contributed by atoms with van der Waals surface area (Å²) in [6.45, 7) is 4.18. The van der Waals surface area contributed by atoms with Crippen LogP contribution in [0.2, 0.25) is 0 Å². The average Bonchev–Trinajstić information content (AvgIpc) is 2.91. The predicted octanol–water partition coefficient (Wildman–Crippen LogP) is 2.36. The van der Waals surface area contributed by atoms with Crippen molar-refractivity contribution < 1.29 is 0 Å². The fraction of sp³-hybridized carbons (Fsp3) is 0.538. The van der Waals surface area contributed by atoms with Crippen molar-refractivity contribution in [2.45, 2.75) is 25.3 Å². The summed E-state index contributed by atoms with van der Waals surface area (Å²) in [5.74, 6) is 1.38. The standard InChI is InChI=1S/C13H17ClN4/c1-9-3-4-11-13(15-9)18(12(7-14)16-11)10-5-6-17(2)8-10/h3-4,10H,5-8H2,1-2H3. The van der Waals surface area contributed by atoms with Gasteiger partial charge in [-0.15, -0.1) is 11.6 Å². The maximum absolute atomic E-state index is 6.03. The Hall–Kier alpha value is -1.13. The number of aryl methyl sites for hydroxylation is 1. The van der Waals surface area contributed by atoms with Crippen LogP contribution in [0.4, 0.5) is 0 Å². The molecule has 2 aromatic rings. The van der Waals surface area contributed by atoms with Crippen molar-refractivity contribution in [2.75, 3.05) is 20.1 Å². The third kappa shape index (κ3) is 1.89. The lowest BCUT2D eigenvalue weighted by Gasteiger charge is -2.15. The smallest absolute Gasteiger partial charge is 0.160 e. The van der Waals surface area contributed by atoms with E-state index in [2.05, 4.69) is 26.5 Å². The minimum atomic E-state index is 0.440. The zero-order valence-electron chi connectivity index (χ0n) is 10.7. The molecule has 0 aliphatic carbocycles. The van der Waals surface area contributed by atoms with Gasteiger partial charge in [0, 0.05) is 12.2 Å². The lowest BCUT2D eigenvalue weighted by atomic mass is 10.2. The number of hydrogen-bond acceptors (Lipinski definition) is 3. The molecule has 1 unspecified atom stereocenters. The van der Waals surface area contributed by atoms with Crippen LogP contribution in [0.15, 0.2) is 12.1 Å². The SMILES string of the molecule is Cc1ccc2nc(CCl)n(C3CCN(C)C3)c2n1. The number of rotatable bonds is 2. The van der Waals surface area contributed by atoms with Crippen LogP contribution in [-0.2, 0) is 5.88 Å². The number of hydrogen-bond donors (Lipinski definition) is 0. The molecule has 0 bridgehead atoms. The zero-order chi connectivity index (χ0) is 12.7. The van der Waals surface area contributed by atoms with Crippen molar-refractivity contribution in [1.29, 1.82) is 0 Å². The highest BCUT2D eigenvalue weighted by Crippen LogP contribution is 2.27. The minimum Gasteiger partial charge on any atom is -0.307 e. The molecule has 1 aliphatic heterocycles. The molecule has 0 N–H and O–H groups in total. The number of aromatic nitrogens is 3. The second-order valence-corrected chi connectivity index (χ2v) is 5.30. The Morgan fingerprint density at radius 2 is 2.22 bits per heavy atom. The molecule has 1 aliphatic rings. The van der Waals surface area contributed by atoms with Crippen LogP contribution in [0.3, 0.4) is 0 Å². The molecule has 0 radical (unpaired) electrons. The van der Waals surface area contributed by atoms with Crippen LogP contribution in [0.5, 0.6) is 0 Å². The number of pyridine rings is 1. The van der Waals surface area contributed by atoms with Gasteiger partial charge in [0.1, 0.15) is 11.3 Å². The topological polar surface area (TPSA) is 34.0 Å². The van der Waals surface area contributed by atoms with E-state index in [0.29, 0.717) is 11.9 Å². The normalized spacial score (nSPS) is 20.9. The maximum atomic E-state index is 6.03. The van der Waals surface area contributed by atoms with Gasteiger partial charge >= 0.3 is 0 Å². The van der Waals surface area contributed by atoms with E-state index in [4.69, 9.17) is 11.6 Å². The van der Waals surface area contributed by atoms with Gasteiger partial charge in [0.15, 0.2) is 5.65 Å². The first kappa shape index (κ1) is 11.9. The second kappa shape index (κ2) is 4.52. The summed E-state index contributed by atoms with van der Waals surface area (Å²) in [4.78, 5) is 11.6. The third-order valence-electron chi connectivity index (χ3n) is 3.60. The molecular weight excluding hydrogens is 248 g/mol. The summed E-state index contributed by atoms with van der Waals surface area (Å²) in [5, 5.41) is 0. The van der Waals surface area contributed by atoms with Gasteiger partial charge in [0.05, 0.1) is 11.9 Å². The number of nitrogens with zero attached hydrogens (tertiary/aromatic N) is 4. The van der Waals surface area contributed by atoms with Gasteiger partial charge in [0.25, 0.3) is 0 Å². The molecule has 5 heteroatoms. The summed E-state index contributed by atoms with van der Waals surface area (Å²) in [6, 6.07) is 4.48. The van der Waals surface area contributed by atoms with Crippen molar-refractivity contribution in [3.05, 3.63) is 23.7 Å². The molecule has 18 heavy (non-hydrogen) atoms. The van der Waals surface area contributed by atoms with Gasteiger partial charge in [-0.2, -0.15) is 0 Å². The van der Waals surface area contributed by atoms with E-state index < -0.39 is 0 Å². The molecule has 96 valence electrons. The summed E-state index contributed by atoms with van der Waals surface area (Å²) >= 11 is 6.03. The first-order chi connectivity index (χ1) is 8.69. The lowest BCUT2D eigenvalue weighted by Crippen LogP contribution is -2.18. The highest BCUT2D eigenvalue weighted by atomic mass is 35.5. The Morgan fingerprint density at radius 3 is 2.89 bits per heavy atom. The average molecular weight is 265 g/mol. The molecule has 0 aromatic carbocycles. The summed E-state index contributed by atoms with van der Waals surface area (Å²) in [7, 11) is 2.15. The Kier molecular flexibility index (Phi) is 2.99. The number of alkyl halides is 1. The summed E-state index contributed by atoms with van der Waals surface area (Å²) in [5.41, 5.74) is 2.95. The van der Waals surface area contributed by atoms with Crippen molar-refractivity contribution >= 4 is 22.8 Å². The van der Waals surface area contributed by atoms with E-state index >= 15 is 0 Å². The molecule has 1 fully saturated rings. The van der Waals surface area contributed by atoms with Crippen LogP contribution in [0.1, 0.15) is 24.0 Å². The van der Waals surface area contributed by atoms with Crippen molar-refractivity contribution in [1.82, 2.24) is 19.4 Å². The first-order valence-electron chi connectivity index (χ1n) is 6.28. The first-order valence-corrected chi connectivity index (χ1v) is 6.81. The third-order valence-corrected chi connectivity index (χ3v) is 3.84. The molecule has 2 aromatic heterocycles. The van der Waals surface area contributed by atoms with Crippen LogP contribution in [-0.4, -0.2) is 39.6 Å². The van der Waals surface area contributed by atoms with Gasteiger partial charge in [0.2, 0.25) is 0 Å². The quantitative estimate of drug-likeness (QED) is 0.781. The van der Waals surface area contributed by atoms with E-state index in [0.717, 1.165) is 42.2 Å². The van der Waals surface area contributed by atoms with E-state index in [9.17, 15) is 0 Å². The predicted molar refractivity (Wildman–Crippen MR) is 73.0 cm³/mol. The zero-order valence-corrected chi connectivity index (χ0v) is 11.5. The Morgan fingerprint density at radius 1 is 1.39 bits per heavy atom. The second-order valence-electron chi connectivity index (χ2n) is 5.03. The molecule has 3 rings (SSSR count). The van der Waals surface area contributed by atoms with E-state index in [1.807, 2.05) is 19.1 Å². The van der Waals surface area contributed by atoms with Gasteiger partial charge in [-0.25, -0.2) is 9.97 Å². The molecule has 0 spiro atoms. The Bertz CT molecular complexity index is 578. The van der Waals surface area contributed by atoms with Gasteiger partial charge in [-0.1, -0.05) is 0 Å². The van der Waals surface area contributed by atoms with Crippen LogP contribution < -0.4 is 0 Å². The van der Waals surface area contributed by atoms with Crippen molar-refractivity contribution in [2.24, 2.45) is 0 Å². The fourth-order valence-corrected chi connectivity index (χ4v) is 2.90. The van der Waals surface area contributed by atoms with Gasteiger partial charge < -0.3 is 9.47 Å². The molecule has 0 saturated carbocycles. The molecule has 3 heterocycles. The monoisotopic (exact) mass is 264 g/mol. The van der Waals surface area contributed by atoms with Crippen molar-refractivity contribution in [3.63, 3.8) is 0 Å². The fourth-order valence-electron chi connectivity index (χ4n) is 2.72. The van der Waals surface area contributed by atoms with E-state index in [1.165, 1.54) is 0 Å². The highest BCUT2D eigenvalue weighted by molar-refractivity contribution is 6.16. The molecule has 1 saturated heterocycles. The minimum absolute atomic E-state index is 0.440. The molecular formula is C13H17ClN4. The largest absolute Gasteiger partial charge is 0.307 e. The number of fused-ring (bicyclic) bond motifs is 1. The van der Waals surface area contributed by atoms with Crippen LogP contribution in [0.25, 0.3) is 11.2 Å². The van der Waals surface area contributed by atoms with Crippen molar-refractivity contribution in [3.8, 4) is 0 Å². The van der Waals surface area contributed by atoms with Gasteiger partial charge in [-0.05, 0) is 39.1 Å². The van der Waals surface area contributed by atoms with E-state index in [-0.39, 0.29) is 0 Å². The summed E-state index contributed by atoms with van der Waals surface area (Å²) in [6.07, 6.45) is 1.14. The molecule has 1 atom stereocenters. The Labute approximate surface area is 112 Å². The number of likely N-dealkylation sites (tertiary alicyclic amines) is 1. The lowest BCUT2D eigenvalue weighted by molar-refractivity contribution is 0.392. The summed E-state index contributed by atoms with van der Waals surface area (Å²) < 4.78 is 2.23. The molecule has 0 amide bonds. The maximum Gasteiger partial charge on any atom is 0.160 e. The molecule has 4 nitrogen and oxygen atoms in total. The number of imidazole rings is 1.